The number of likely N-dealkylation sites (tertiary alicyclic amines) is 1. The molecule has 1 atom stereocenters. The molecule has 19 heavy (non-hydrogen) atoms. The summed E-state index contributed by atoms with van der Waals surface area (Å²) in [7, 11) is 1.69. The molecular formula is C12H21N3O4. The van der Waals surface area contributed by atoms with E-state index in [0.717, 1.165) is 6.42 Å². The summed E-state index contributed by atoms with van der Waals surface area (Å²) in [5.41, 5.74) is 0. The zero-order valence-electron chi connectivity index (χ0n) is 11.4. The highest BCUT2D eigenvalue weighted by molar-refractivity contribution is 5.98. The van der Waals surface area contributed by atoms with Crippen molar-refractivity contribution in [2.75, 3.05) is 33.3 Å². The van der Waals surface area contributed by atoms with Gasteiger partial charge in [0, 0.05) is 19.0 Å². The number of aliphatic hydroxyl groups excluding tert-OH is 1. The summed E-state index contributed by atoms with van der Waals surface area (Å²) < 4.78 is 0. The Morgan fingerprint density at radius 2 is 2.16 bits per heavy atom. The Morgan fingerprint density at radius 3 is 2.68 bits per heavy atom. The van der Waals surface area contributed by atoms with E-state index in [0.29, 0.717) is 13.0 Å². The standard InChI is InChI=1S/C12H21N3O4/c1-9(8-16)14(2)6-10(17)13-11(18)7-15-5-3-4-12(15)19/h9,16H,3-8H2,1-2H3,(H,13,17,18). The van der Waals surface area contributed by atoms with Crippen LogP contribution in [0.4, 0.5) is 0 Å². The first-order valence-corrected chi connectivity index (χ1v) is 6.35. The van der Waals surface area contributed by atoms with Crippen LogP contribution >= 0.6 is 0 Å². The van der Waals surface area contributed by atoms with Crippen LogP contribution in [-0.2, 0) is 14.4 Å². The van der Waals surface area contributed by atoms with E-state index in [1.54, 1.807) is 18.9 Å². The molecule has 108 valence electrons. The van der Waals surface area contributed by atoms with Gasteiger partial charge < -0.3 is 10.0 Å². The van der Waals surface area contributed by atoms with Gasteiger partial charge in [0.2, 0.25) is 17.7 Å². The monoisotopic (exact) mass is 271 g/mol. The van der Waals surface area contributed by atoms with Crippen LogP contribution in [0.2, 0.25) is 0 Å². The highest BCUT2D eigenvalue weighted by Gasteiger charge is 2.23. The van der Waals surface area contributed by atoms with Crippen LogP contribution in [0.15, 0.2) is 0 Å². The van der Waals surface area contributed by atoms with E-state index in [2.05, 4.69) is 5.32 Å². The van der Waals surface area contributed by atoms with E-state index in [1.807, 2.05) is 0 Å². The molecule has 1 aliphatic rings. The number of amides is 3. The maximum absolute atomic E-state index is 11.6. The summed E-state index contributed by atoms with van der Waals surface area (Å²) in [6.45, 7) is 2.26. The minimum atomic E-state index is -0.467. The lowest BCUT2D eigenvalue weighted by Gasteiger charge is -2.22. The molecule has 7 heteroatoms. The molecule has 1 fully saturated rings. The van der Waals surface area contributed by atoms with Crippen molar-refractivity contribution in [3.8, 4) is 0 Å². The second-order valence-electron chi connectivity index (χ2n) is 4.84. The van der Waals surface area contributed by atoms with Crippen LogP contribution in [0.25, 0.3) is 0 Å². The quantitative estimate of drug-likeness (QED) is 0.618. The Hall–Kier alpha value is -1.47. The van der Waals surface area contributed by atoms with Crippen molar-refractivity contribution in [3.63, 3.8) is 0 Å². The van der Waals surface area contributed by atoms with Gasteiger partial charge in [-0.05, 0) is 20.4 Å². The summed E-state index contributed by atoms with van der Waals surface area (Å²) in [6, 6.07) is -0.152. The van der Waals surface area contributed by atoms with Crippen LogP contribution in [0.1, 0.15) is 19.8 Å². The van der Waals surface area contributed by atoms with Crippen molar-refractivity contribution in [1.82, 2.24) is 15.1 Å². The van der Waals surface area contributed by atoms with Gasteiger partial charge in [-0.1, -0.05) is 0 Å². The number of likely N-dealkylation sites (N-methyl/N-ethyl adjacent to an activating group) is 1. The second kappa shape index (κ2) is 7.20. The molecule has 1 unspecified atom stereocenters. The molecule has 7 nitrogen and oxygen atoms in total. The van der Waals surface area contributed by atoms with E-state index in [1.165, 1.54) is 4.90 Å². The topological polar surface area (TPSA) is 89.9 Å². The van der Waals surface area contributed by atoms with Gasteiger partial charge in [-0.2, -0.15) is 0 Å². The molecule has 0 bridgehead atoms. The highest BCUT2D eigenvalue weighted by Crippen LogP contribution is 2.08. The molecule has 1 heterocycles. The van der Waals surface area contributed by atoms with Gasteiger partial charge in [0.15, 0.2) is 0 Å². The van der Waals surface area contributed by atoms with Crippen molar-refractivity contribution in [2.24, 2.45) is 0 Å². The zero-order chi connectivity index (χ0) is 14.4. The Balaban J connectivity index is 2.31. The fourth-order valence-corrected chi connectivity index (χ4v) is 1.80. The van der Waals surface area contributed by atoms with Crippen molar-refractivity contribution in [3.05, 3.63) is 0 Å². The third-order valence-electron chi connectivity index (χ3n) is 3.19. The lowest BCUT2D eigenvalue weighted by Crippen LogP contribution is -2.45. The molecule has 0 saturated carbocycles. The highest BCUT2D eigenvalue weighted by atomic mass is 16.3. The summed E-state index contributed by atoms with van der Waals surface area (Å²) in [5.74, 6) is -0.946. The first-order valence-electron chi connectivity index (χ1n) is 6.35. The lowest BCUT2D eigenvalue weighted by molar-refractivity contribution is -0.136. The predicted molar refractivity (Wildman–Crippen MR) is 68.1 cm³/mol. The number of hydrogen-bond acceptors (Lipinski definition) is 5. The minimum Gasteiger partial charge on any atom is -0.395 e. The normalized spacial score (nSPS) is 16.8. The molecule has 1 rings (SSSR count). The number of nitrogens with zero attached hydrogens (tertiary/aromatic N) is 2. The number of imide groups is 1. The van der Waals surface area contributed by atoms with Gasteiger partial charge in [0.1, 0.15) is 0 Å². The maximum Gasteiger partial charge on any atom is 0.246 e. The molecule has 0 aromatic rings. The Labute approximate surface area is 112 Å². The van der Waals surface area contributed by atoms with Gasteiger partial charge in [-0.25, -0.2) is 0 Å². The maximum atomic E-state index is 11.6. The zero-order valence-corrected chi connectivity index (χ0v) is 11.4. The second-order valence-corrected chi connectivity index (χ2v) is 4.84. The summed E-state index contributed by atoms with van der Waals surface area (Å²) >= 11 is 0. The Bertz CT molecular complexity index is 359. The number of carbonyl (C=O) groups is 3. The first-order chi connectivity index (χ1) is 8.93. The van der Waals surface area contributed by atoms with E-state index in [-0.39, 0.29) is 31.6 Å². The molecular weight excluding hydrogens is 250 g/mol. The molecule has 2 N–H and O–H groups in total. The number of nitrogens with one attached hydrogen (secondary N) is 1. The Morgan fingerprint density at radius 1 is 1.47 bits per heavy atom. The largest absolute Gasteiger partial charge is 0.395 e. The molecule has 3 amide bonds. The van der Waals surface area contributed by atoms with Crippen LogP contribution in [-0.4, -0.2) is 72.0 Å². The fourth-order valence-electron chi connectivity index (χ4n) is 1.80. The van der Waals surface area contributed by atoms with Crippen LogP contribution in [0.3, 0.4) is 0 Å². The van der Waals surface area contributed by atoms with Gasteiger partial charge in [-0.3, -0.25) is 24.6 Å². The lowest BCUT2D eigenvalue weighted by atomic mass is 10.3. The van der Waals surface area contributed by atoms with Crippen molar-refractivity contribution in [1.29, 1.82) is 0 Å². The van der Waals surface area contributed by atoms with Crippen LogP contribution < -0.4 is 5.32 Å². The van der Waals surface area contributed by atoms with E-state index in [9.17, 15) is 14.4 Å². The molecule has 0 spiro atoms. The van der Waals surface area contributed by atoms with Crippen LogP contribution in [0.5, 0.6) is 0 Å². The number of hydrogen-bond donors (Lipinski definition) is 2. The molecule has 1 aliphatic heterocycles. The smallest absolute Gasteiger partial charge is 0.246 e. The number of rotatable bonds is 6. The Kier molecular flexibility index (Phi) is 5.91. The summed E-state index contributed by atoms with van der Waals surface area (Å²) in [4.78, 5) is 37.6. The first kappa shape index (κ1) is 15.6. The van der Waals surface area contributed by atoms with E-state index >= 15 is 0 Å². The van der Waals surface area contributed by atoms with E-state index in [4.69, 9.17) is 5.11 Å². The van der Waals surface area contributed by atoms with Gasteiger partial charge >= 0.3 is 0 Å². The van der Waals surface area contributed by atoms with Crippen molar-refractivity contribution in [2.45, 2.75) is 25.8 Å². The molecule has 0 radical (unpaired) electrons. The third kappa shape index (κ3) is 4.96. The van der Waals surface area contributed by atoms with Gasteiger partial charge in [0.05, 0.1) is 19.7 Å². The van der Waals surface area contributed by atoms with Crippen molar-refractivity contribution >= 4 is 17.7 Å². The number of aliphatic hydroxyl groups is 1. The average molecular weight is 271 g/mol. The molecule has 0 aliphatic carbocycles. The number of carbonyl (C=O) groups excluding carboxylic acids is 3. The van der Waals surface area contributed by atoms with Crippen molar-refractivity contribution < 1.29 is 19.5 Å². The fraction of sp³-hybridized carbons (Fsp3) is 0.750. The summed E-state index contributed by atoms with van der Waals surface area (Å²) in [5, 5.41) is 11.2. The average Bonchev–Trinajstić information content (AvgIpc) is 2.73. The van der Waals surface area contributed by atoms with Gasteiger partial charge in [0.25, 0.3) is 0 Å². The predicted octanol–water partition coefficient (Wildman–Crippen LogP) is -1.44. The summed E-state index contributed by atoms with van der Waals surface area (Å²) in [6.07, 6.45) is 1.23. The van der Waals surface area contributed by atoms with Crippen LogP contribution in [0, 0.1) is 0 Å². The third-order valence-corrected chi connectivity index (χ3v) is 3.19. The molecule has 0 aromatic heterocycles. The van der Waals surface area contributed by atoms with Gasteiger partial charge in [-0.15, -0.1) is 0 Å². The minimum absolute atomic E-state index is 0.0292. The molecule has 1 saturated heterocycles. The van der Waals surface area contributed by atoms with E-state index < -0.39 is 11.8 Å². The SMILES string of the molecule is CC(CO)N(C)CC(=O)NC(=O)CN1CCCC1=O. The molecule has 0 aromatic carbocycles.